The number of rotatable bonds is 7. The first-order chi connectivity index (χ1) is 21.2. The molecule has 0 fully saturated rings. The topological polar surface area (TPSA) is 0 Å². The van der Waals surface area contributed by atoms with Crippen LogP contribution in [0.4, 0.5) is 0 Å². The Labute approximate surface area is 264 Å². The van der Waals surface area contributed by atoms with Gasteiger partial charge in [-0.05, 0) is 77.9 Å². The molecule has 0 aromatic heterocycles. The fourth-order valence-electron chi connectivity index (χ4n) is 6.80. The highest BCUT2D eigenvalue weighted by molar-refractivity contribution is 7.97. The van der Waals surface area contributed by atoms with Crippen molar-refractivity contribution in [3.8, 4) is 0 Å². The van der Waals surface area contributed by atoms with Gasteiger partial charge >= 0.3 is 0 Å². The molecule has 0 amide bonds. The maximum Gasteiger partial charge on any atom is 0.168 e. The molecule has 6 aromatic rings. The van der Waals surface area contributed by atoms with Crippen LogP contribution < -0.4 is 15.9 Å². The number of aryl methyl sites for hydroxylation is 6. The summed E-state index contributed by atoms with van der Waals surface area (Å²) in [6.45, 7) is 13.1. The summed E-state index contributed by atoms with van der Waals surface area (Å²) in [5.41, 5.74) is 11.5. The van der Waals surface area contributed by atoms with Gasteiger partial charge in [-0.1, -0.05) is 143 Å². The summed E-state index contributed by atoms with van der Waals surface area (Å²) in [5, 5.41) is 3.59. The summed E-state index contributed by atoms with van der Waals surface area (Å²) in [5.74, 6) is 0. The van der Waals surface area contributed by atoms with E-state index in [1.54, 1.807) is 0 Å². The lowest BCUT2D eigenvalue weighted by Crippen LogP contribution is -2.47. The van der Waals surface area contributed by atoms with Crippen LogP contribution in [0.15, 0.2) is 146 Å². The molecule has 0 bridgehead atoms. The molecule has 0 heterocycles. The van der Waals surface area contributed by atoms with Gasteiger partial charge in [0.25, 0.3) is 0 Å². The van der Waals surface area contributed by atoms with Crippen molar-refractivity contribution in [1.82, 2.24) is 0 Å². The van der Waals surface area contributed by atoms with Crippen LogP contribution in [0, 0.1) is 41.5 Å². The minimum Gasteiger partial charge on any atom is -0.0589 e. The monoisotopic (exact) mass is 589 g/mol. The van der Waals surface area contributed by atoms with Crippen molar-refractivity contribution in [2.24, 2.45) is 0 Å². The quantitative estimate of drug-likeness (QED) is 0.128. The van der Waals surface area contributed by atoms with Crippen molar-refractivity contribution in [2.45, 2.75) is 46.7 Å². The van der Waals surface area contributed by atoms with E-state index in [0.717, 1.165) is 0 Å². The van der Waals surface area contributed by atoms with Gasteiger partial charge in [0.05, 0.1) is 0 Å². The van der Waals surface area contributed by atoms with Crippen LogP contribution in [-0.2, 0) is 5.16 Å². The lowest BCUT2D eigenvalue weighted by atomic mass is 9.83. The molecule has 0 saturated heterocycles. The second-order valence-corrected chi connectivity index (χ2v) is 16.0. The number of hydrogen-bond acceptors (Lipinski definition) is 0. The summed E-state index contributed by atoms with van der Waals surface area (Å²) in [4.78, 5) is 0. The van der Waals surface area contributed by atoms with Crippen molar-refractivity contribution in [3.63, 3.8) is 0 Å². The van der Waals surface area contributed by atoms with Gasteiger partial charge in [0, 0.05) is 16.7 Å². The highest BCUT2D eigenvalue weighted by Gasteiger charge is 2.65. The normalized spacial score (nSPS) is 11.9. The molecule has 0 aliphatic carbocycles. The van der Waals surface area contributed by atoms with E-state index in [1.807, 2.05) is 0 Å². The molecule has 6 rings (SSSR count). The first-order valence-corrected chi connectivity index (χ1v) is 17.4. The molecule has 44 heavy (non-hydrogen) atoms. The molecule has 0 N–H and O–H groups in total. The van der Waals surface area contributed by atoms with Crippen molar-refractivity contribution in [3.05, 3.63) is 196 Å². The Bertz CT molecular complexity index is 1480. The van der Waals surface area contributed by atoms with E-state index in [-0.39, 0.29) is 0 Å². The van der Waals surface area contributed by atoms with E-state index in [0.29, 0.717) is 0 Å². The Kier molecular flexibility index (Phi) is 8.15. The molecule has 0 nitrogen and oxygen atoms in total. The largest absolute Gasteiger partial charge is 0.168 e. The van der Waals surface area contributed by atoms with Crippen LogP contribution in [0.3, 0.4) is 0 Å². The molecule has 0 aliphatic rings. The summed E-state index contributed by atoms with van der Waals surface area (Å²) in [7, 11) is -2.56. The smallest absolute Gasteiger partial charge is 0.0589 e. The zero-order chi connectivity index (χ0) is 30.9. The predicted octanol–water partition coefficient (Wildman–Crippen LogP) is 9.82. The van der Waals surface area contributed by atoms with Gasteiger partial charge < -0.3 is 0 Å². The van der Waals surface area contributed by atoms with Crippen LogP contribution >= 0.6 is 7.26 Å². The summed E-state index contributed by atoms with van der Waals surface area (Å²) >= 11 is 0. The van der Waals surface area contributed by atoms with Gasteiger partial charge in [-0.15, -0.1) is 0 Å². The Morgan fingerprint density at radius 3 is 0.659 bits per heavy atom. The molecule has 0 unspecified atom stereocenters. The van der Waals surface area contributed by atoms with Gasteiger partial charge in [-0.2, -0.15) is 0 Å². The van der Waals surface area contributed by atoms with Gasteiger partial charge in [0.1, 0.15) is 23.2 Å². The predicted molar refractivity (Wildman–Crippen MR) is 193 cm³/mol. The van der Waals surface area contributed by atoms with Crippen LogP contribution in [0.25, 0.3) is 0 Å². The zero-order valence-electron chi connectivity index (χ0n) is 26.8. The Morgan fingerprint density at radius 2 is 0.455 bits per heavy atom. The highest BCUT2D eigenvalue weighted by atomic mass is 31.2. The van der Waals surface area contributed by atoms with Crippen LogP contribution in [0.1, 0.15) is 50.1 Å². The number of benzene rings is 6. The van der Waals surface area contributed by atoms with Crippen molar-refractivity contribution in [2.75, 3.05) is 0 Å². The van der Waals surface area contributed by atoms with E-state index in [2.05, 4.69) is 187 Å². The van der Waals surface area contributed by atoms with Crippen molar-refractivity contribution >= 4 is 23.2 Å². The summed E-state index contributed by atoms with van der Waals surface area (Å²) < 4.78 is 0. The Morgan fingerprint density at radius 1 is 0.273 bits per heavy atom. The van der Waals surface area contributed by atoms with Gasteiger partial charge in [0.2, 0.25) is 0 Å². The molecular weight excluding hydrogens is 547 g/mol. The second kappa shape index (κ2) is 12.0. The number of hydrogen-bond donors (Lipinski definition) is 0. The standard InChI is InChI=1S/C43H42P/c1-31-7-19-37(20-8-31)43(38-21-9-32(2)10-22-38,39-23-11-33(3)12-24-39)44(40-25-13-34(4)14-26-40,41-27-15-35(5)16-28-41)42-29-17-36(6)18-30-42/h7-30H,1-6H3/q+1. The van der Waals surface area contributed by atoms with Crippen LogP contribution in [0.5, 0.6) is 0 Å². The average molecular weight is 590 g/mol. The van der Waals surface area contributed by atoms with Crippen LogP contribution in [0.2, 0.25) is 0 Å². The minimum atomic E-state index is -2.56. The molecule has 0 aliphatic heterocycles. The SMILES string of the molecule is Cc1ccc(C(c2ccc(C)cc2)(c2ccc(C)cc2)[P+](c2ccc(C)cc2)(c2ccc(C)cc2)c2ccc(C)cc2)cc1. The fourth-order valence-corrected chi connectivity index (χ4v) is 12.3. The molecule has 0 atom stereocenters. The van der Waals surface area contributed by atoms with E-state index in [4.69, 9.17) is 0 Å². The summed E-state index contributed by atoms with van der Waals surface area (Å²) in [6.07, 6.45) is 0. The lowest BCUT2D eigenvalue weighted by Gasteiger charge is -2.46. The van der Waals surface area contributed by atoms with Crippen LogP contribution in [-0.4, -0.2) is 0 Å². The lowest BCUT2D eigenvalue weighted by molar-refractivity contribution is 0.875. The van der Waals surface area contributed by atoms with Gasteiger partial charge in [-0.3, -0.25) is 0 Å². The molecule has 218 valence electrons. The van der Waals surface area contributed by atoms with Crippen molar-refractivity contribution < 1.29 is 0 Å². The maximum atomic E-state index is 2.41. The van der Waals surface area contributed by atoms with Gasteiger partial charge in [-0.25, -0.2) is 0 Å². The molecule has 1 heteroatoms. The van der Waals surface area contributed by atoms with E-state index in [9.17, 15) is 0 Å². The van der Waals surface area contributed by atoms with Gasteiger partial charge in [0.15, 0.2) is 5.16 Å². The second-order valence-electron chi connectivity index (χ2n) is 12.5. The van der Waals surface area contributed by atoms with E-state index >= 15 is 0 Å². The molecule has 0 radical (unpaired) electrons. The third-order valence-electron chi connectivity index (χ3n) is 9.17. The minimum absolute atomic E-state index is 0.526. The molecule has 0 spiro atoms. The maximum absolute atomic E-state index is 2.56. The molecular formula is C43H42P+. The zero-order valence-corrected chi connectivity index (χ0v) is 27.7. The average Bonchev–Trinajstić information content (AvgIpc) is 3.03. The first-order valence-electron chi connectivity index (χ1n) is 15.6. The first kappa shape index (κ1) is 29.8. The highest BCUT2D eigenvalue weighted by Crippen LogP contribution is 2.75. The van der Waals surface area contributed by atoms with E-state index in [1.165, 1.54) is 66.0 Å². The Balaban J connectivity index is 1.94. The molecule has 0 saturated carbocycles. The third kappa shape index (κ3) is 5.02. The van der Waals surface area contributed by atoms with Crippen molar-refractivity contribution in [1.29, 1.82) is 0 Å². The van der Waals surface area contributed by atoms with E-state index < -0.39 is 12.4 Å². The summed E-state index contributed by atoms with van der Waals surface area (Å²) in [6, 6.07) is 56.4. The molecule has 6 aromatic carbocycles. The fraction of sp³-hybridized carbons (Fsp3) is 0.163. The Hall–Kier alpha value is -4.25. The third-order valence-corrected chi connectivity index (χ3v) is 14.2.